The third kappa shape index (κ3) is 7.02. The van der Waals surface area contributed by atoms with Gasteiger partial charge in [-0.3, -0.25) is 0 Å². The third-order valence-corrected chi connectivity index (χ3v) is 13.0. The summed E-state index contributed by atoms with van der Waals surface area (Å²) in [5.41, 5.74) is 17.1. The topological polar surface area (TPSA) is 65.0 Å². The predicted octanol–water partition coefficient (Wildman–Crippen LogP) is 17.0. The monoisotopic (exact) mass is 869 g/mol. The van der Waals surface area contributed by atoms with Crippen LogP contribution in [0.5, 0.6) is 0 Å². The molecule has 3 aromatic heterocycles. The van der Waals surface area contributed by atoms with Gasteiger partial charge >= 0.3 is 0 Å². The summed E-state index contributed by atoms with van der Waals surface area (Å²) in [6, 6.07) is 82.3. The molecule has 0 spiro atoms. The number of aromatic nitrogens is 3. The highest BCUT2D eigenvalue weighted by Gasteiger charge is 2.19. The van der Waals surface area contributed by atoms with Crippen molar-refractivity contribution in [1.82, 2.24) is 15.0 Å². The minimum absolute atomic E-state index is 0.555. The van der Waals surface area contributed by atoms with Gasteiger partial charge in [0, 0.05) is 43.8 Å². The van der Waals surface area contributed by atoms with Crippen LogP contribution in [-0.4, -0.2) is 15.0 Å². The van der Waals surface area contributed by atoms with Gasteiger partial charge in [0.1, 0.15) is 22.3 Å². The number of furan rings is 2. The Morgan fingerprint density at radius 2 is 0.691 bits per heavy atom. The van der Waals surface area contributed by atoms with Gasteiger partial charge in [-0.2, -0.15) is 0 Å². The molecule has 0 saturated heterocycles. The van der Waals surface area contributed by atoms with E-state index in [1.165, 1.54) is 11.1 Å². The van der Waals surface area contributed by atoms with Gasteiger partial charge in [-0.25, -0.2) is 15.0 Å². The van der Waals surface area contributed by atoms with Crippen molar-refractivity contribution in [3.05, 3.63) is 237 Å². The maximum atomic E-state index is 6.72. The first-order valence-corrected chi connectivity index (χ1v) is 22.8. The smallest absolute Gasteiger partial charge is 0.164 e. The van der Waals surface area contributed by atoms with E-state index in [2.05, 4.69) is 206 Å². The molecule has 5 nitrogen and oxygen atoms in total. The molecular formula is C63H39N3O2. The minimum Gasteiger partial charge on any atom is -0.456 e. The average Bonchev–Trinajstić information content (AvgIpc) is 4.00. The Morgan fingerprint density at radius 1 is 0.235 bits per heavy atom. The molecule has 0 aliphatic rings. The van der Waals surface area contributed by atoms with Crippen molar-refractivity contribution < 1.29 is 8.83 Å². The van der Waals surface area contributed by atoms with Crippen molar-refractivity contribution >= 4 is 43.9 Å². The second-order valence-corrected chi connectivity index (χ2v) is 17.1. The number of hydrogen-bond acceptors (Lipinski definition) is 5. The zero-order chi connectivity index (χ0) is 45.0. The van der Waals surface area contributed by atoms with Crippen molar-refractivity contribution in [1.29, 1.82) is 0 Å². The number of hydrogen-bond donors (Lipinski definition) is 0. The number of fused-ring (bicyclic) bond motifs is 6. The summed E-state index contributed by atoms with van der Waals surface area (Å²) in [6.45, 7) is 0. The molecule has 0 bridgehead atoms. The van der Waals surface area contributed by atoms with E-state index >= 15 is 0 Å². The zero-order valence-corrected chi connectivity index (χ0v) is 36.7. The van der Waals surface area contributed by atoms with Crippen LogP contribution < -0.4 is 0 Å². The fraction of sp³-hybridized carbons (Fsp3) is 0. The van der Waals surface area contributed by atoms with Crippen LogP contribution in [0.4, 0.5) is 0 Å². The Kier molecular flexibility index (Phi) is 9.43. The Hall–Kier alpha value is -9.19. The molecule has 68 heavy (non-hydrogen) atoms. The van der Waals surface area contributed by atoms with Gasteiger partial charge in [-0.05, 0) is 92.5 Å². The van der Waals surface area contributed by atoms with E-state index in [1.54, 1.807) is 0 Å². The average molecular weight is 870 g/mol. The van der Waals surface area contributed by atoms with Crippen LogP contribution in [0.25, 0.3) is 134 Å². The zero-order valence-electron chi connectivity index (χ0n) is 36.7. The lowest BCUT2D eigenvalue weighted by Gasteiger charge is -2.12. The van der Waals surface area contributed by atoms with E-state index in [-0.39, 0.29) is 0 Å². The first-order valence-electron chi connectivity index (χ1n) is 22.8. The quantitative estimate of drug-likeness (QED) is 0.152. The molecule has 0 fully saturated rings. The number of nitrogens with zero attached hydrogens (tertiary/aromatic N) is 3. The highest BCUT2D eigenvalue weighted by molar-refractivity contribution is 6.13. The summed E-state index contributed by atoms with van der Waals surface area (Å²) in [4.78, 5) is 15.4. The number of rotatable bonds is 8. The van der Waals surface area contributed by atoms with Crippen molar-refractivity contribution in [2.24, 2.45) is 0 Å². The lowest BCUT2D eigenvalue weighted by Crippen LogP contribution is -2.00. The van der Waals surface area contributed by atoms with Crippen LogP contribution >= 0.6 is 0 Å². The second kappa shape index (κ2) is 16.4. The van der Waals surface area contributed by atoms with Gasteiger partial charge in [-0.1, -0.05) is 194 Å². The Labute approximate surface area is 392 Å². The van der Waals surface area contributed by atoms with Gasteiger partial charge in [-0.15, -0.1) is 0 Å². The second-order valence-electron chi connectivity index (χ2n) is 17.1. The van der Waals surface area contributed by atoms with Crippen LogP contribution in [0, 0.1) is 0 Å². The molecule has 0 amide bonds. The summed E-state index contributed by atoms with van der Waals surface area (Å²) >= 11 is 0. The van der Waals surface area contributed by atoms with Crippen LogP contribution in [0.15, 0.2) is 245 Å². The van der Waals surface area contributed by atoms with Crippen molar-refractivity contribution in [3.8, 4) is 89.8 Å². The van der Waals surface area contributed by atoms with E-state index < -0.39 is 0 Å². The van der Waals surface area contributed by atoms with Crippen LogP contribution in [0.2, 0.25) is 0 Å². The molecule has 0 N–H and O–H groups in total. The summed E-state index contributed by atoms with van der Waals surface area (Å²) < 4.78 is 13.1. The number of para-hydroxylation sites is 2. The van der Waals surface area contributed by atoms with Crippen LogP contribution in [0.3, 0.4) is 0 Å². The van der Waals surface area contributed by atoms with E-state index in [1.807, 2.05) is 30.3 Å². The van der Waals surface area contributed by atoms with E-state index in [0.29, 0.717) is 17.5 Å². The third-order valence-electron chi connectivity index (χ3n) is 13.0. The van der Waals surface area contributed by atoms with E-state index in [4.69, 9.17) is 23.8 Å². The highest BCUT2D eigenvalue weighted by atomic mass is 16.3. The molecule has 13 aromatic rings. The molecule has 0 aliphatic heterocycles. The Balaban J connectivity index is 0.922. The molecule has 0 saturated carbocycles. The Morgan fingerprint density at radius 3 is 1.34 bits per heavy atom. The molecule has 5 heteroatoms. The van der Waals surface area contributed by atoms with Gasteiger partial charge < -0.3 is 8.83 Å². The Bertz CT molecular complexity index is 3930. The fourth-order valence-corrected chi connectivity index (χ4v) is 9.56. The molecule has 0 atom stereocenters. The maximum absolute atomic E-state index is 6.72. The predicted molar refractivity (Wildman–Crippen MR) is 278 cm³/mol. The molecule has 0 radical (unpaired) electrons. The summed E-state index contributed by atoms with van der Waals surface area (Å²) in [6.07, 6.45) is 0. The maximum Gasteiger partial charge on any atom is 0.164 e. The summed E-state index contributed by atoms with van der Waals surface area (Å²) in [7, 11) is 0. The van der Waals surface area contributed by atoms with E-state index in [9.17, 15) is 0 Å². The first kappa shape index (κ1) is 39.2. The van der Waals surface area contributed by atoms with Crippen molar-refractivity contribution in [2.45, 2.75) is 0 Å². The lowest BCUT2D eigenvalue weighted by atomic mass is 9.91. The summed E-state index contributed by atoms with van der Waals surface area (Å²) in [5, 5.41) is 4.29. The summed E-state index contributed by atoms with van der Waals surface area (Å²) in [5.74, 6) is 1.71. The van der Waals surface area contributed by atoms with Gasteiger partial charge in [0.15, 0.2) is 17.5 Å². The van der Waals surface area contributed by atoms with Gasteiger partial charge in [0.25, 0.3) is 0 Å². The fourth-order valence-electron chi connectivity index (χ4n) is 9.56. The lowest BCUT2D eigenvalue weighted by molar-refractivity contribution is 0.669. The molecule has 0 unspecified atom stereocenters. The van der Waals surface area contributed by atoms with Gasteiger partial charge in [0.2, 0.25) is 0 Å². The van der Waals surface area contributed by atoms with E-state index in [0.717, 1.165) is 105 Å². The molecule has 0 aliphatic carbocycles. The first-order chi connectivity index (χ1) is 33.7. The highest BCUT2D eigenvalue weighted by Crippen LogP contribution is 2.42. The van der Waals surface area contributed by atoms with Gasteiger partial charge in [0.05, 0.1) is 0 Å². The SMILES string of the molecule is c1ccc(-c2ccc(-c3nc(-c4ccc(-c5cccc6c5oc5ccccc56)cc4)nc(-c4ccc5c(c4)oc4cccc(-c6cc(-c7ccccc7)cc(-c7ccccc7)c6)c45)n3)cc2)cc1. The molecule has 10 aromatic carbocycles. The normalized spacial score (nSPS) is 11.5. The van der Waals surface area contributed by atoms with Crippen LogP contribution in [-0.2, 0) is 0 Å². The standard InChI is InChI=1S/C63H39N3O2/c1-4-14-40(15-5-1)43-26-30-45(31-27-43)61-64-62(46-32-28-44(29-33-46)52-22-12-23-54-53-20-10-11-24-56(53)68-60(52)54)66-63(65-61)47-34-35-55-58(39-47)67-57-25-13-21-51(59(55)57)50-37-48(41-16-6-2-7-17-41)36-49(38-50)42-18-8-3-9-19-42/h1-39H. The largest absolute Gasteiger partial charge is 0.456 e. The molecule has 13 rings (SSSR count). The molecule has 3 heterocycles. The molecule has 318 valence electrons. The van der Waals surface area contributed by atoms with Crippen molar-refractivity contribution in [2.75, 3.05) is 0 Å². The molecular weight excluding hydrogens is 831 g/mol. The van der Waals surface area contributed by atoms with Crippen LogP contribution in [0.1, 0.15) is 0 Å². The van der Waals surface area contributed by atoms with Crippen molar-refractivity contribution in [3.63, 3.8) is 0 Å². The minimum atomic E-state index is 0.555. The number of benzene rings is 10.